The molecule has 0 saturated carbocycles. The Bertz CT molecular complexity index is 1150. The number of pyridine rings is 1. The summed E-state index contributed by atoms with van der Waals surface area (Å²) in [5.74, 6) is -0.454. The van der Waals surface area contributed by atoms with Gasteiger partial charge in [-0.1, -0.05) is 60.7 Å². The van der Waals surface area contributed by atoms with Crippen LogP contribution >= 0.6 is 0 Å². The Labute approximate surface area is 162 Å². The summed E-state index contributed by atoms with van der Waals surface area (Å²) in [4.78, 5) is 30.0. The summed E-state index contributed by atoms with van der Waals surface area (Å²) in [6.07, 6.45) is 2.99. The first-order valence-corrected chi connectivity index (χ1v) is 9.02. The molecule has 0 atom stereocenters. The normalized spacial score (nSPS) is 10.9. The lowest BCUT2D eigenvalue weighted by molar-refractivity contribution is 0.0941. The average Bonchev–Trinajstić information content (AvgIpc) is 2.73. The topological polar surface area (TPSA) is 63.5 Å². The molecule has 0 saturated heterocycles. The summed E-state index contributed by atoms with van der Waals surface area (Å²) in [7, 11) is 0. The minimum absolute atomic E-state index is 0.0122. The molecule has 0 spiro atoms. The fourth-order valence-corrected chi connectivity index (χ4v) is 3.19. The van der Waals surface area contributed by atoms with Gasteiger partial charge in [0.25, 0.3) is 11.5 Å². The zero-order chi connectivity index (χ0) is 19.5. The standard InChI is InChI=1S/C23H19N3O2/c1-16-12-13-26-20(14-16)24-15-19(23(26)28)22(27)25-21(17-8-4-2-5-9-17)18-10-6-3-7-11-18/h2-15,21H,1H3,(H,25,27). The third-order valence-electron chi connectivity index (χ3n) is 4.65. The van der Waals surface area contributed by atoms with Crippen molar-refractivity contribution in [2.75, 3.05) is 0 Å². The van der Waals surface area contributed by atoms with E-state index in [0.717, 1.165) is 16.7 Å². The lowest BCUT2D eigenvalue weighted by Gasteiger charge is -2.19. The van der Waals surface area contributed by atoms with Crippen LogP contribution in [0, 0.1) is 6.92 Å². The number of amides is 1. The van der Waals surface area contributed by atoms with Gasteiger partial charge in [-0.25, -0.2) is 4.98 Å². The molecule has 0 bridgehead atoms. The van der Waals surface area contributed by atoms with Gasteiger partial charge in [-0.3, -0.25) is 14.0 Å². The first kappa shape index (κ1) is 17.7. The van der Waals surface area contributed by atoms with Gasteiger partial charge in [0.2, 0.25) is 0 Å². The van der Waals surface area contributed by atoms with Crippen LogP contribution in [-0.4, -0.2) is 15.3 Å². The summed E-state index contributed by atoms with van der Waals surface area (Å²) in [6, 6.07) is 22.6. The second-order valence-electron chi connectivity index (χ2n) is 6.64. The molecule has 2 heterocycles. The Hall–Kier alpha value is -3.73. The van der Waals surface area contributed by atoms with Crippen LogP contribution in [0.5, 0.6) is 0 Å². The van der Waals surface area contributed by atoms with E-state index in [0.29, 0.717) is 5.65 Å². The summed E-state index contributed by atoms with van der Waals surface area (Å²) in [5.41, 5.74) is 3.01. The fourth-order valence-electron chi connectivity index (χ4n) is 3.19. The number of rotatable bonds is 4. The monoisotopic (exact) mass is 369 g/mol. The van der Waals surface area contributed by atoms with Crippen LogP contribution in [0.3, 0.4) is 0 Å². The molecule has 1 amide bonds. The van der Waals surface area contributed by atoms with Crippen LogP contribution in [-0.2, 0) is 0 Å². The number of nitrogens with one attached hydrogen (secondary N) is 1. The third kappa shape index (κ3) is 3.42. The molecule has 0 aliphatic carbocycles. The average molecular weight is 369 g/mol. The maximum absolute atomic E-state index is 13.0. The molecule has 4 rings (SSSR count). The van der Waals surface area contributed by atoms with Crippen molar-refractivity contribution in [3.63, 3.8) is 0 Å². The Morgan fingerprint density at radius 1 is 0.964 bits per heavy atom. The van der Waals surface area contributed by atoms with Gasteiger partial charge in [0.05, 0.1) is 6.04 Å². The minimum Gasteiger partial charge on any atom is -0.341 e. The highest BCUT2D eigenvalue weighted by Crippen LogP contribution is 2.22. The van der Waals surface area contributed by atoms with Crippen molar-refractivity contribution < 1.29 is 4.79 Å². The van der Waals surface area contributed by atoms with Gasteiger partial charge >= 0.3 is 0 Å². The van der Waals surface area contributed by atoms with Gasteiger partial charge in [-0.2, -0.15) is 0 Å². The van der Waals surface area contributed by atoms with E-state index in [4.69, 9.17) is 0 Å². The highest BCUT2D eigenvalue weighted by molar-refractivity contribution is 5.94. The molecule has 0 unspecified atom stereocenters. The van der Waals surface area contributed by atoms with Crippen LogP contribution in [0.2, 0.25) is 0 Å². The largest absolute Gasteiger partial charge is 0.341 e. The molecule has 2 aromatic carbocycles. The zero-order valence-corrected chi connectivity index (χ0v) is 15.4. The van der Waals surface area contributed by atoms with Gasteiger partial charge in [-0.15, -0.1) is 0 Å². The number of aryl methyl sites for hydroxylation is 1. The smallest absolute Gasteiger partial charge is 0.270 e. The van der Waals surface area contributed by atoms with Crippen molar-refractivity contribution in [1.82, 2.24) is 14.7 Å². The number of aromatic nitrogens is 2. The van der Waals surface area contributed by atoms with E-state index in [1.54, 1.807) is 12.3 Å². The number of carbonyl (C=O) groups is 1. The molecule has 2 aromatic heterocycles. The van der Waals surface area contributed by atoms with Crippen molar-refractivity contribution in [3.8, 4) is 0 Å². The maximum Gasteiger partial charge on any atom is 0.270 e. The zero-order valence-electron chi connectivity index (χ0n) is 15.4. The highest BCUT2D eigenvalue weighted by atomic mass is 16.2. The third-order valence-corrected chi connectivity index (χ3v) is 4.65. The SMILES string of the molecule is Cc1ccn2c(=O)c(C(=O)NC(c3ccccc3)c3ccccc3)cnc2c1. The van der Waals surface area contributed by atoms with E-state index in [2.05, 4.69) is 10.3 Å². The van der Waals surface area contributed by atoms with Crippen LogP contribution in [0.15, 0.2) is 90.0 Å². The number of hydrogen-bond acceptors (Lipinski definition) is 3. The van der Waals surface area contributed by atoms with Crippen LogP contribution < -0.4 is 10.9 Å². The van der Waals surface area contributed by atoms with Crippen LogP contribution in [0.4, 0.5) is 0 Å². The minimum atomic E-state index is -0.454. The molecule has 0 fully saturated rings. The molecule has 0 aliphatic heterocycles. The quantitative estimate of drug-likeness (QED) is 0.599. The van der Waals surface area contributed by atoms with Gasteiger partial charge in [0, 0.05) is 12.4 Å². The van der Waals surface area contributed by atoms with Crippen molar-refractivity contribution in [1.29, 1.82) is 0 Å². The van der Waals surface area contributed by atoms with E-state index in [1.807, 2.05) is 73.7 Å². The first-order chi connectivity index (χ1) is 13.6. The molecule has 0 aliphatic rings. The van der Waals surface area contributed by atoms with Crippen molar-refractivity contribution >= 4 is 11.6 Å². The lowest BCUT2D eigenvalue weighted by atomic mass is 9.98. The Kier molecular flexibility index (Phi) is 4.72. The van der Waals surface area contributed by atoms with E-state index in [1.165, 1.54) is 10.6 Å². The summed E-state index contributed by atoms with van der Waals surface area (Å²) < 4.78 is 1.39. The predicted octanol–water partition coefficient (Wildman–Crippen LogP) is 3.52. The Morgan fingerprint density at radius 2 is 1.57 bits per heavy atom. The van der Waals surface area contributed by atoms with Gasteiger partial charge in [0.15, 0.2) is 0 Å². The Morgan fingerprint density at radius 3 is 2.18 bits per heavy atom. The predicted molar refractivity (Wildman–Crippen MR) is 108 cm³/mol. The van der Waals surface area contributed by atoms with Gasteiger partial charge in [0.1, 0.15) is 11.2 Å². The summed E-state index contributed by atoms with van der Waals surface area (Å²) >= 11 is 0. The van der Waals surface area contributed by atoms with E-state index in [9.17, 15) is 9.59 Å². The molecule has 1 N–H and O–H groups in total. The molecule has 5 heteroatoms. The number of benzene rings is 2. The highest BCUT2D eigenvalue weighted by Gasteiger charge is 2.20. The van der Waals surface area contributed by atoms with Crippen LogP contribution in [0.25, 0.3) is 5.65 Å². The fraction of sp³-hybridized carbons (Fsp3) is 0.0870. The van der Waals surface area contributed by atoms with Gasteiger partial charge in [-0.05, 0) is 35.7 Å². The second-order valence-corrected chi connectivity index (χ2v) is 6.64. The van der Waals surface area contributed by atoms with Crippen molar-refractivity contribution in [2.45, 2.75) is 13.0 Å². The van der Waals surface area contributed by atoms with Crippen molar-refractivity contribution in [2.24, 2.45) is 0 Å². The van der Waals surface area contributed by atoms with E-state index in [-0.39, 0.29) is 17.2 Å². The van der Waals surface area contributed by atoms with E-state index < -0.39 is 5.91 Å². The summed E-state index contributed by atoms with van der Waals surface area (Å²) in [5, 5.41) is 2.99. The van der Waals surface area contributed by atoms with Crippen molar-refractivity contribution in [3.05, 3.63) is 118 Å². The Balaban J connectivity index is 1.73. The molecule has 28 heavy (non-hydrogen) atoms. The summed E-state index contributed by atoms with van der Waals surface area (Å²) in [6.45, 7) is 1.93. The molecular formula is C23H19N3O2. The van der Waals surface area contributed by atoms with Gasteiger partial charge < -0.3 is 5.32 Å². The lowest BCUT2D eigenvalue weighted by Crippen LogP contribution is -2.34. The first-order valence-electron chi connectivity index (χ1n) is 9.02. The molecule has 138 valence electrons. The molecule has 5 nitrogen and oxygen atoms in total. The number of fused-ring (bicyclic) bond motifs is 1. The molecule has 0 radical (unpaired) electrons. The molecular weight excluding hydrogens is 350 g/mol. The maximum atomic E-state index is 13.0. The number of nitrogens with zero attached hydrogens (tertiary/aromatic N) is 2. The van der Waals surface area contributed by atoms with E-state index >= 15 is 0 Å². The molecule has 4 aromatic rings. The van der Waals surface area contributed by atoms with Crippen LogP contribution in [0.1, 0.15) is 33.1 Å². The second kappa shape index (κ2) is 7.48. The number of carbonyl (C=O) groups excluding carboxylic acids is 1. The number of hydrogen-bond donors (Lipinski definition) is 1.